The van der Waals surface area contributed by atoms with Gasteiger partial charge in [0, 0.05) is 4.47 Å². The van der Waals surface area contributed by atoms with Gasteiger partial charge < -0.3 is 9.47 Å². The Balaban J connectivity index is 0.000000222. The quantitative estimate of drug-likeness (QED) is 0.191. The Morgan fingerprint density at radius 1 is 0.650 bits per heavy atom. The maximum atomic E-state index is 12.9. The summed E-state index contributed by atoms with van der Waals surface area (Å²) in [4.78, 5) is 0. The first-order chi connectivity index (χ1) is 18.8. The zero-order valence-electron chi connectivity index (χ0n) is 21.3. The lowest BCUT2D eigenvalue weighted by molar-refractivity contribution is -0.138. The van der Waals surface area contributed by atoms with Gasteiger partial charge in [-0.15, -0.1) is 0 Å². The number of rotatable bonds is 7. The highest BCUT2D eigenvalue weighted by molar-refractivity contribution is 9.10. The van der Waals surface area contributed by atoms with Crippen LogP contribution in [-0.2, 0) is 25.6 Å². The fourth-order valence-corrected chi connectivity index (χ4v) is 4.09. The average Bonchev–Trinajstić information content (AvgIpc) is 2.91. The Kier molecular flexibility index (Phi) is 10.5. The van der Waals surface area contributed by atoms with Gasteiger partial charge in [-0.1, -0.05) is 88.7 Å². The highest BCUT2D eigenvalue weighted by Crippen LogP contribution is 2.37. The third kappa shape index (κ3) is 9.19. The Morgan fingerprint density at radius 2 is 1.07 bits per heavy atom. The zero-order chi connectivity index (χ0) is 29.3. The van der Waals surface area contributed by atoms with Gasteiger partial charge in [0.25, 0.3) is 0 Å². The number of hydrogen-bond acceptors (Lipinski definition) is 2. The number of benzene rings is 4. The molecule has 0 unspecified atom stereocenters. The third-order valence-electron chi connectivity index (χ3n) is 5.50. The molecule has 0 bridgehead atoms. The molecule has 0 heterocycles. The van der Waals surface area contributed by atoms with Gasteiger partial charge >= 0.3 is 12.4 Å². The lowest BCUT2D eigenvalue weighted by Crippen LogP contribution is -2.08. The fourth-order valence-electron chi connectivity index (χ4n) is 3.51. The van der Waals surface area contributed by atoms with E-state index >= 15 is 0 Å². The Bertz CT molecular complexity index is 1400. The van der Waals surface area contributed by atoms with Crippen LogP contribution >= 0.6 is 15.9 Å². The molecule has 0 atom stereocenters. The van der Waals surface area contributed by atoms with Gasteiger partial charge in [0.1, 0.15) is 24.7 Å². The molecule has 0 saturated heterocycles. The second kappa shape index (κ2) is 13.6. The van der Waals surface area contributed by atoms with Gasteiger partial charge in [0.05, 0.1) is 11.1 Å². The highest BCUT2D eigenvalue weighted by atomic mass is 79.9. The Morgan fingerprint density at radius 3 is 1.48 bits per heavy atom. The number of hydrogen-bond donors (Lipinski definition) is 0. The van der Waals surface area contributed by atoms with Crippen LogP contribution in [0.25, 0.3) is 5.57 Å². The standard InChI is InChI=1S/C17H15F3O.C14H10BrF3O/c1-12(2)15-10-14(8-9-16(15)17(18,19)20)21-11-13-6-4-3-5-7-13;15-13-8-11(6-7-12(13)14(16,17)18)19-9-10-4-2-1-3-5-10/h3-10H,1,11H2,2H3;1-8H,9H2. The average molecular weight is 623 g/mol. The van der Waals surface area contributed by atoms with E-state index in [1.54, 1.807) is 6.92 Å². The van der Waals surface area contributed by atoms with E-state index in [0.717, 1.165) is 23.3 Å². The van der Waals surface area contributed by atoms with Crippen LogP contribution in [0.15, 0.2) is 108 Å². The summed E-state index contributed by atoms with van der Waals surface area (Å²) < 4.78 is 87.4. The Labute approximate surface area is 237 Å². The molecule has 4 rings (SSSR count). The van der Waals surface area contributed by atoms with Crippen LogP contribution in [0.5, 0.6) is 11.5 Å². The summed E-state index contributed by atoms with van der Waals surface area (Å²) in [5.41, 5.74) is 0.926. The third-order valence-corrected chi connectivity index (χ3v) is 6.15. The SMILES string of the molecule is C=C(C)c1cc(OCc2ccccc2)ccc1C(F)(F)F.FC(F)(F)c1ccc(OCc2ccccc2)cc1Br. The van der Waals surface area contributed by atoms with Crippen molar-refractivity contribution in [1.82, 2.24) is 0 Å². The largest absolute Gasteiger partial charge is 0.489 e. The first-order valence-electron chi connectivity index (χ1n) is 11.9. The summed E-state index contributed by atoms with van der Waals surface area (Å²) in [5.74, 6) is 0.786. The van der Waals surface area contributed by atoms with Crippen LogP contribution in [0.4, 0.5) is 26.3 Å². The number of halogens is 7. The van der Waals surface area contributed by atoms with Gasteiger partial charge in [-0.2, -0.15) is 26.3 Å². The molecule has 0 aliphatic heterocycles. The molecule has 2 nitrogen and oxygen atoms in total. The van der Waals surface area contributed by atoms with Gasteiger partial charge in [-0.25, -0.2) is 0 Å². The molecule has 0 amide bonds. The van der Waals surface area contributed by atoms with Crippen LogP contribution in [0.2, 0.25) is 0 Å². The van der Waals surface area contributed by atoms with Crippen molar-refractivity contribution in [1.29, 1.82) is 0 Å². The number of ether oxygens (including phenoxy) is 2. The summed E-state index contributed by atoms with van der Waals surface area (Å²) in [5, 5.41) is 0. The normalized spacial score (nSPS) is 11.3. The first-order valence-corrected chi connectivity index (χ1v) is 12.7. The van der Waals surface area contributed by atoms with E-state index in [0.29, 0.717) is 30.3 Å². The van der Waals surface area contributed by atoms with Crippen molar-refractivity contribution in [3.05, 3.63) is 136 Å². The molecular formula is C31H25BrF6O2. The summed E-state index contributed by atoms with van der Waals surface area (Å²) in [6, 6.07) is 26.2. The molecule has 0 aromatic heterocycles. The minimum Gasteiger partial charge on any atom is -0.489 e. The van der Waals surface area contributed by atoms with Crippen LogP contribution in [-0.4, -0.2) is 0 Å². The lowest BCUT2D eigenvalue weighted by Gasteiger charge is -2.15. The first kappa shape index (κ1) is 30.8. The second-order valence-corrected chi connectivity index (χ2v) is 9.53. The van der Waals surface area contributed by atoms with Gasteiger partial charge in [-0.05, 0) is 60.0 Å². The monoisotopic (exact) mass is 622 g/mol. The molecule has 0 spiro atoms. The summed E-state index contributed by atoms with van der Waals surface area (Å²) in [7, 11) is 0. The lowest BCUT2D eigenvalue weighted by atomic mass is 10.0. The molecule has 4 aromatic carbocycles. The number of allylic oxidation sites excluding steroid dienone is 1. The van der Waals surface area contributed by atoms with Crippen molar-refractivity contribution >= 4 is 21.5 Å². The second-order valence-electron chi connectivity index (χ2n) is 8.67. The topological polar surface area (TPSA) is 18.5 Å². The zero-order valence-corrected chi connectivity index (χ0v) is 22.9. The maximum Gasteiger partial charge on any atom is 0.417 e. The highest BCUT2D eigenvalue weighted by Gasteiger charge is 2.34. The minimum absolute atomic E-state index is 0.0226. The van der Waals surface area contributed by atoms with Gasteiger partial charge in [0.2, 0.25) is 0 Å². The molecule has 0 N–H and O–H groups in total. The molecule has 0 saturated carbocycles. The van der Waals surface area contributed by atoms with E-state index in [4.69, 9.17) is 9.47 Å². The molecule has 4 aromatic rings. The van der Waals surface area contributed by atoms with E-state index in [2.05, 4.69) is 22.5 Å². The molecular weight excluding hydrogens is 598 g/mol. The maximum absolute atomic E-state index is 12.9. The molecule has 0 radical (unpaired) electrons. The van der Waals surface area contributed by atoms with Crippen molar-refractivity contribution in [2.45, 2.75) is 32.5 Å². The predicted molar refractivity (Wildman–Crippen MR) is 147 cm³/mol. The van der Waals surface area contributed by atoms with Crippen molar-refractivity contribution in [2.24, 2.45) is 0 Å². The van der Waals surface area contributed by atoms with Crippen LogP contribution in [0.1, 0.15) is 34.7 Å². The van der Waals surface area contributed by atoms with Crippen molar-refractivity contribution in [3.8, 4) is 11.5 Å². The van der Waals surface area contributed by atoms with E-state index in [-0.39, 0.29) is 10.0 Å². The van der Waals surface area contributed by atoms with E-state index in [1.165, 1.54) is 24.3 Å². The number of alkyl halides is 6. The Hall–Kier alpha value is -3.72. The minimum atomic E-state index is -4.40. The molecule has 0 aliphatic rings. The van der Waals surface area contributed by atoms with E-state index in [1.807, 2.05) is 60.7 Å². The van der Waals surface area contributed by atoms with Gasteiger partial charge in [-0.3, -0.25) is 0 Å². The van der Waals surface area contributed by atoms with Gasteiger partial charge in [0.15, 0.2) is 0 Å². The van der Waals surface area contributed by atoms with Crippen LogP contribution in [0.3, 0.4) is 0 Å². The summed E-state index contributed by atoms with van der Waals surface area (Å²) >= 11 is 2.91. The van der Waals surface area contributed by atoms with E-state index in [9.17, 15) is 26.3 Å². The van der Waals surface area contributed by atoms with Crippen molar-refractivity contribution < 1.29 is 35.8 Å². The molecule has 0 aliphatic carbocycles. The smallest absolute Gasteiger partial charge is 0.417 e. The van der Waals surface area contributed by atoms with Crippen molar-refractivity contribution in [2.75, 3.05) is 0 Å². The van der Waals surface area contributed by atoms with E-state index < -0.39 is 23.5 Å². The van der Waals surface area contributed by atoms with Crippen molar-refractivity contribution in [3.63, 3.8) is 0 Å². The van der Waals surface area contributed by atoms with Crippen LogP contribution in [0, 0.1) is 0 Å². The molecule has 0 fully saturated rings. The molecule has 9 heteroatoms. The van der Waals surface area contributed by atoms with Crippen LogP contribution < -0.4 is 9.47 Å². The summed E-state index contributed by atoms with van der Waals surface area (Å²) in [6.45, 7) is 5.78. The molecule has 40 heavy (non-hydrogen) atoms. The summed E-state index contributed by atoms with van der Waals surface area (Å²) in [6.07, 6.45) is -8.76. The fraction of sp³-hybridized carbons (Fsp3) is 0.161. The molecule has 210 valence electrons. The predicted octanol–water partition coefficient (Wildman–Crippen LogP) is 10.4.